The number of esters is 1. The van der Waals surface area contributed by atoms with Crippen molar-refractivity contribution in [3.8, 4) is 5.75 Å². The van der Waals surface area contributed by atoms with Gasteiger partial charge in [0, 0.05) is 22.7 Å². The van der Waals surface area contributed by atoms with E-state index in [1.807, 2.05) is 19.1 Å². The van der Waals surface area contributed by atoms with Gasteiger partial charge in [-0.15, -0.1) is 0 Å². The molecule has 0 fully saturated rings. The molecule has 10 nitrogen and oxygen atoms in total. The minimum Gasteiger partial charge on any atom is -0.495 e. The second kappa shape index (κ2) is 11.4. The predicted molar refractivity (Wildman–Crippen MR) is 148 cm³/mol. The van der Waals surface area contributed by atoms with Crippen LogP contribution < -0.4 is 20.3 Å². The molecule has 0 bridgehead atoms. The van der Waals surface area contributed by atoms with Gasteiger partial charge in [-0.1, -0.05) is 31.2 Å². The third-order valence-electron chi connectivity index (χ3n) is 5.98. The Labute approximate surface area is 225 Å². The van der Waals surface area contributed by atoms with Gasteiger partial charge in [0.1, 0.15) is 5.75 Å². The van der Waals surface area contributed by atoms with Crippen LogP contribution >= 0.6 is 0 Å². The molecule has 3 aromatic carbocycles. The Morgan fingerprint density at radius 1 is 1.00 bits per heavy atom. The Morgan fingerprint density at radius 2 is 1.72 bits per heavy atom. The van der Waals surface area contributed by atoms with Crippen LogP contribution in [0.3, 0.4) is 0 Å². The van der Waals surface area contributed by atoms with Crippen molar-refractivity contribution in [1.82, 2.24) is 4.98 Å². The average Bonchev–Trinajstić information content (AvgIpc) is 2.92. The van der Waals surface area contributed by atoms with Crippen LogP contribution in [-0.4, -0.2) is 38.5 Å². The fraction of sp³-hybridized carbons (Fsp3) is 0.179. The molecule has 3 N–H and O–H groups in total. The maximum atomic E-state index is 13.1. The van der Waals surface area contributed by atoms with E-state index in [-0.39, 0.29) is 27.0 Å². The molecule has 0 aliphatic heterocycles. The van der Waals surface area contributed by atoms with E-state index < -0.39 is 33.6 Å². The van der Waals surface area contributed by atoms with Crippen molar-refractivity contribution in [2.45, 2.75) is 31.3 Å². The van der Waals surface area contributed by atoms with Gasteiger partial charge in [0.2, 0.25) is 5.56 Å². The highest BCUT2D eigenvalue weighted by Crippen LogP contribution is 2.28. The molecular weight excluding hydrogens is 522 g/mol. The molecule has 1 heterocycles. The van der Waals surface area contributed by atoms with Crippen LogP contribution in [0.25, 0.3) is 10.9 Å². The highest BCUT2D eigenvalue weighted by molar-refractivity contribution is 7.92. The maximum absolute atomic E-state index is 13.1. The second-order valence-electron chi connectivity index (χ2n) is 8.65. The van der Waals surface area contributed by atoms with Gasteiger partial charge < -0.3 is 19.8 Å². The number of para-hydroxylation sites is 2. The number of anilines is 2. The number of amides is 1. The summed E-state index contributed by atoms with van der Waals surface area (Å²) in [6, 6.07) is 18.7. The Balaban J connectivity index is 1.59. The molecule has 0 saturated heterocycles. The lowest BCUT2D eigenvalue weighted by Gasteiger charge is -2.15. The summed E-state index contributed by atoms with van der Waals surface area (Å²) in [5, 5.41) is 2.81. The number of aromatic amines is 1. The number of hydrogen-bond donors (Lipinski definition) is 3. The lowest BCUT2D eigenvalue weighted by molar-refractivity contribution is -0.123. The smallest absolute Gasteiger partial charge is 0.339 e. The van der Waals surface area contributed by atoms with Gasteiger partial charge in [0.15, 0.2) is 6.10 Å². The van der Waals surface area contributed by atoms with E-state index in [9.17, 15) is 22.8 Å². The normalized spacial score (nSPS) is 12.0. The van der Waals surface area contributed by atoms with Crippen molar-refractivity contribution in [3.05, 3.63) is 94.3 Å². The summed E-state index contributed by atoms with van der Waals surface area (Å²) in [5.41, 5.74) is 1.32. The molecule has 202 valence electrons. The van der Waals surface area contributed by atoms with Gasteiger partial charge in [-0.25, -0.2) is 13.2 Å². The standard InChI is InChI=1S/C28H27N3O7S/c1-4-18-9-11-19(12-10-18)29-27(33)17(2)38-28(34)22-16-26(32)30-23-14-13-20(15-21(22)23)39(35,36)31-24-7-5-6-8-25(24)37-3/h5-17,31H,4H2,1-3H3,(H,29,33)(H,30,32)/t17-/m1/s1. The third-order valence-corrected chi connectivity index (χ3v) is 7.34. The Morgan fingerprint density at radius 3 is 2.41 bits per heavy atom. The number of aryl methyl sites for hydroxylation is 1. The van der Waals surface area contributed by atoms with Crippen LogP contribution in [0.5, 0.6) is 5.75 Å². The number of rotatable bonds is 9. The van der Waals surface area contributed by atoms with Crippen LogP contribution in [-0.2, 0) is 26.0 Å². The zero-order chi connectivity index (χ0) is 28.2. The van der Waals surface area contributed by atoms with E-state index in [0.29, 0.717) is 11.4 Å². The first-order valence-electron chi connectivity index (χ1n) is 12.0. The number of H-pyrrole nitrogens is 1. The van der Waals surface area contributed by atoms with Crippen LogP contribution in [0.15, 0.2) is 82.5 Å². The summed E-state index contributed by atoms with van der Waals surface area (Å²) >= 11 is 0. The number of nitrogens with one attached hydrogen (secondary N) is 3. The zero-order valence-electron chi connectivity index (χ0n) is 21.5. The van der Waals surface area contributed by atoms with E-state index in [2.05, 4.69) is 15.0 Å². The molecule has 39 heavy (non-hydrogen) atoms. The first kappa shape index (κ1) is 27.4. The second-order valence-corrected chi connectivity index (χ2v) is 10.3. The van der Waals surface area contributed by atoms with Crippen LogP contribution in [0, 0.1) is 0 Å². The molecule has 11 heteroatoms. The Bertz CT molecular complexity index is 1700. The first-order valence-corrected chi connectivity index (χ1v) is 13.5. The molecule has 1 atom stereocenters. The molecule has 4 rings (SSSR count). The van der Waals surface area contributed by atoms with E-state index >= 15 is 0 Å². The van der Waals surface area contributed by atoms with E-state index in [0.717, 1.165) is 18.1 Å². The topological polar surface area (TPSA) is 144 Å². The molecule has 0 aliphatic rings. The number of carbonyl (C=O) groups is 2. The summed E-state index contributed by atoms with van der Waals surface area (Å²) in [5.74, 6) is -1.20. The van der Waals surface area contributed by atoms with Crippen LogP contribution in [0.2, 0.25) is 0 Å². The summed E-state index contributed by atoms with van der Waals surface area (Å²) in [6.07, 6.45) is -0.344. The lowest BCUT2D eigenvalue weighted by Crippen LogP contribution is -2.30. The molecule has 0 spiro atoms. The average molecular weight is 550 g/mol. The van der Waals surface area contributed by atoms with Gasteiger partial charge in [-0.3, -0.25) is 14.3 Å². The van der Waals surface area contributed by atoms with Crippen molar-refractivity contribution in [2.24, 2.45) is 0 Å². The fourth-order valence-corrected chi connectivity index (χ4v) is 4.94. The SMILES string of the molecule is CCc1ccc(NC(=O)[C@@H](C)OC(=O)c2cc(=O)[nH]c3ccc(S(=O)(=O)Nc4ccccc4OC)cc23)cc1. The largest absolute Gasteiger partial charge is 0.495 e. The van der Waals surface area contributed by atoms with Crippen molar-refractivity contribution in [2.75, 3.05) is 17.1 Å². The minimum atomic E-state index is -4.10. The monoisotopic (exact) mass is 549 g/mol. The minimum absolute atomic E-state index is 0.130. The lowest BCUT2D eigenvalue weighted by atomic mass is 10.1. The van der Waals surface area contributed by atoms with Gasteiger partial charge >= 0.3 is 5.97 Å². The number of carbonyl (C=O) groups excluding carboxylic acids is 2. The quantitative estimate of drug-likeness (QED) is 0.267. The molecule has 0 unspecified atom stereocenters. The van der Waals surface area contributed by atoms with Crippen LogP contribution in [0.1, 0.15) is 29.8 Å². The number of benzene rings is 3. The summed E-state index contributed by atoms with van der Waals surface area (Å²) in [4.78, 5) is 40.3. The molecular formula is C28H27N3O7S. The number of methoxy groups -OCH3 is 1. The van der Waals surface area contributed by atoms with E-state index in [4.69, 9.17) is 9.47 Å². The molecule has 4 aromatic rings. The zero-order valence-corrected chi connectivity index (χ0v) is 22.3. The van der Waals surface area contributed by atoms with Gasteiger partial charge in [-0.2, -0.15) is 0 Å². The van der Waals surface area contributed by atoms with Crippen LogP contribution in [0.4, 0.5) is 11.4 Å². The Kier molecular flexibility index (Phi) is 8.01. The summed E-state index contributed by atoms with van der Waals surface area (Å²) < 4.78 is 39.3. The number of fused-ring (bicyclic) bond motifs is 1. The van der Waals surface area contributed by atoms with Gasteiger partial charge in [0.25, 0.3) is 15.9 Å². The van der Waals surface area contributed by atoms with E-state index in [1.165, 1.54) is 32.2 Å². The highest BCUT2D eigenvalue weighted by atomic mass is 32.2. The van der Waals surface area contributed by atoms with Gasteiger partial charge in [-0.05, 0) is 61.4 Å². The number of ether oxygens (including phenoxy) is 2. The molecule has 0 saturated carbocycles. The molecule has 1 amide bonds. The number of sulfonamides is 1. The van der Waals surface area contributed by atoms with Crippen molar-refractivity contribution < 1.29 is 27.5 Å². The molecule has 0 radical (unpaired) electrons. The van der Waals surface area contributed by atoms with Crippen molar-refractivity contribution >= 4 is 44.2 Å². The third kappa shape index (κ3) is 6.27. The summed E-state index contributed by atoms with van der Waals surface area (Å²) in [6.45, 7) is 3.42. The predicted octanol–water partition coefficient (Wildman–Crippen LogP) is 4.08. The summed E-state index contributed by atoms with van der Waals surface area (Å²) in [7, 11) is -2.69. The van der Waals surface area contributed by atoms with Gasteiger partial charge in [0.05, 0.1) is 23.3 Å². The fourth-order valence-electron chi connectivity index (χ4n) is 3.85. The van der Waals surface area contributed by atoms with Crippen molar-refractivity contribution in [1.29, 1.82) is 0 Å². The number of hydrogen-bond acceptors (Lipinski definition) is 7. The maximum Gasteiger partial charge on any atom is 0.339 e. The Hall–Kier alpha value is -4.64. The van der Waals surface area contributed by atoms with Crippen molar-refractivity contribution in [3.63, 3.8) is 0 Å². The highest BCUT2D eigenvalue weighted by Gasteiger charge is 2.23. The molecule has 1 aromatic heterocycles. The first-order chi connectivity index (χ1) is 18.6. The molecule has 0 aliphatic carbocycles. The number of aromatic nitrogens is 1. The number of pyridine rings is 1. The van der Waals surface area contributed by atoms with E-state index in [1.54, 1.807) is 36.4 Å².